The zero-order chi connectivity index (χ0) is 10.1. The van der Waals surface area contributed by atoms with Crippen LogP contribution in [0.15, 0.2) is 42.5 Å². The van der Waals surface area contributed by atoms with Gasteiger partial charge < -0.3 is 5.32 Å². The summed E-state index contributed by atoms with van der Waals surface area (Å²) in [6, 6.07) is 10.5. The van der Waals surface area contributed by atoms with Gasteiger partial charge >= 0.3 is 0 Å². The first kappa shape index (κ1) is 9.02. The highest BCUT2D eigenvalue weighted by atomic mass is 14.9. The molecule has 0 aromatic heterocycles. The molecule has 15 heavy (non-hydrogen) atoms. The smallest absolute Gasteiger partial charge is 0.0340 e. The van der Waals surface area contributed by atoms with Gasteiger partial charge in [0.1, 0.15) is 0 Å². The number of hydrogen-bond acceptors (Lipinski definition) is 1. The second kappa shape index (κ2) is 3.73. The zero-order valence-corrected chi connectivity index (χ0v) is 8.89. The van der Waals surface area contributed by atoms with Crippen LogP contribution in [0.4, 0.5) is 5.69 Å². The van der Waals surface area contributed by atoms with E-state index in [0.717, 1.165) is 24.3 Å². The first-order chi connectivity index (χ1) is 7.42. The third-order valence-electron chi connectivity index (χ3n) is 3.76. The van der Waals surface area contributed by atoms with Crippen LogP contribution >= 0.6 is 0 Å². The van der Waals surface area contributed by atoms with Gasteiger partial charge in [0.05, 0.1) is 0 Å². The molecule has 1 aromatic carbocycles. The van der Waals surface area contributed by atoms with Gasteiger partial charge in [-0.05, 0) is 42.7 Å². The molecule has 1 heteroatoms. The minimum absolute atomic E-state index is 0.853. The lowest BCUT2D eigenvalue weighted by molar-refractivity contribution is 0.472. The molecule has 1 saturated carbocycles. The van der Waals surface area contributed by atoms with Crippen molar-refractivity contribution in [3.63, 3.8) is 0 Å². The van der Waals surface area contributed by atoms with Crippen molar-refractivity contribution in [3.8, 4) is 0 Å². The van der Waals surface area contributed by atoms with E-state index in [9.17, 15) is 0 Å². The van der Waals surface area contributed by atoms with Crippen LogP contribution in [0.3, 0.4) is 0 Å². The van der Waals surface area contributed by atoms with E-state index in [-0.39, 0.29) is 0 Å². The fraction of sp³-hybridized carbons (Fsp3) is 0.429. The topological polar surface area (TPSA) is 12.0 Å². The molecule has 0 saturated heterocycles. The maximum atomic E-state index is 3.54. The van der Waals surface area contributed by atoms with Crippen molar-refractivity contribution in [1.82, 2.24) is 0 Å². The summed E-state index contributed by atoms with van der Waals surface area (Å²) in [5.74, 6) is 2.60. The minimum atomic E-state index is 0.853. The van der Waals surface area contributed by atoms with Crippen LogP contribution in [-0.2, 0) is 0 Å². The average molecular weight is 199 g/mol. The Morgan fingerprint density at radius 3 is 2.60 bits per heavy atom. The standard InChI is InChI=1S/C14H17N/c1-2-4-14(5-3-1)15-10-13-9-11-6-7-12(13)8-11/h1-7,11-13,15H,8-10H2/t11-,12+,13+/m1/s1. The first-order valence-electron chi connectivity index (χ1n) is 5.89. The van der Waals surface area contributed by atoms with Gasteiger partial charge in [-0.1, -0.05) is 30.4 Å². The highest BCUT2D eigenvalue weighted by Crippen LogP contribution is 2.43. The summed E-state index contributed by atoms with van der Waals surface area (Å²) in [5.41, 5.74) is 1.25. The van der Waals surface area contributed by atoms with E-state index in [4.69, 9.17) is 0 Å². The van der Waals surface area contributed by atoms with Gasteiger partial charge in [-0.2, -0.15) is 0 Å². The molecule has 1 fully saturated rings. The summed E-state index contributed by atoms with van der Waals surface area (Å²) in [4.78, 5) is 0. The van der Waals surface area contributed by atoms with Crippen LogP contribution in [0.2, 0.25) is 0 Å². The number of hydrogen-bond donors (Lipinski definition) is 1. The Hall–Kier alpha value is -1.24. The largest absolute Gasteiger partial charge is 0.385 e. The maximum Gasteiger partial charge on any atom is 0.0340 e. The van der Waals surface area contributed by atoms with Crippen molar-refractivity contribution < 1.29 is 0 Å². The molecular formula is C14H17N. The predicted octanol–water partition coefficient (Wildman–Crippen LogP) is 3.31. The first-order valence-corrected chi connectivity index (χ1v) is 5.89. The molecule has 1 nitrogen and oxygen atoms in total. The lowest BCUT2D eigenvalue weighted by Gasteiger charge is -2.19. The molecular weight excluding hydrogens is 182 g/mol. The van der Waals surface area contributed by atoms with Gasteiger partial charge in [-0.25, -0.2) is 0 Å². The second-order valence-corrected chi connectivity index (χ2v) is 4.79. The molecule has 3 atom stereocenters. The van der Waals surface area contributed by atoms with Crippen LogP contribution in [0.25, 0.3) is 0 Å². The van der Waals surface area contributed by atoms with Crippen LogP contribution < -0.4 is 5.32 Å². The van der Waals surface area contributed by atoms with Gasteiger partial charge in [0.2, 0.25) is 0 Å². The van der Waals surface area contributed by atoms with Crippen molar-refractivity contribution >= 4 is 5.69 Å². The SMILES string of the molecule is C1=C[C@H]2C[C@@H]1C[C@H]2CNc1ccccc1. The average Bonchev–Trinajstić information content (AvgIpc) is 2.89. The monoisotopic (exact) mass is 199 g/mol. The highest BCUT2D eigenvalue weighted by Gasteiger charge is 2.34. The number of para-hydroxylation sites is 1. The summed E-state index contributed by atoms with van der Waals surface area (Å²) in [6.45, 7) is 1.13. The molecule has 0 amide bonds. The van der Waals surface area contributed by atoms with Gasteiger partial charge in [0.25, 0.3) is 0 Å². The molecule has 78 valence electrons. The number of allylic oxidation sites excluding steroid dienone is 2. The second-order valence-electron chi connectivity index (χ2n) is 4.79. The van der Waals surface area contributed by atoms with Crippen LogP contribution in [-0.4, -0.2) is 6.54 Å². The van der Waals surface area contributed by atoms with Crippen molar-refractivity contribution in [1.29, 1.82) is 0 Å². The molecule has 0 spiro atoms. The van der Waals surface area contributed by atoms with Crippen molar-refractivity contribution in [2.75, 3.05) is 11.9 Å². The fourth-order valence-corrected chi connectivity index (χ4v) is 2.93. The Labute approximate surface area is 91.2 Å². The van der Waals surface area contributed by atoms with E-state index < -0.39 is 0 Å². The van der Waals surface area contributed by atoms with E-state index in [2.05, 4.69) is 47.8 Å². The number of anilines is 1. The summed E-state index contributed by atoms with van der Waals surface area (Å²) in [5, 5.41) is 3.54. The van der Waals surface area contributed by atoms with Gasteiger partial charge in [-0.15, -0.1) is 0 Å². The molecule has 3 rings (SSSR count). The van der Waals surface area contributed by atoms with E-state index in [1.54, 1.807) is 0 Å². The Bertz CT molecular complexity index is 355. The van der Waals surface area contributed by atoms with Gasteiger partial charge in [-0.3, -0.25) is 0 Å². The van der Waals surface area contributed by atoms with E-state index >= 15 is 0 Å². The molecule has 0 aliphatic heterocycles. The maximum absolute atomic E-state index is 3.54. The van der Waals surface area contributed by atoms with Gasteiger partial charge in [0, 0.05) is 12.2 Å². The predicted molar refractivity (Wildman–Crippen MR) is 63.8 cm³/mol. The van der Waals surface area contributed by atoms with E-state index in [1.807, 2.05) is 0 Å². The van der Waals surface area contributed by atoms with E-state index in [1.165, 1.54) is 18.5 Å². The highest BCUT2D eigenvalue weighted by molar-refractivity contribution is 5.42. The van der Waals surface area contributed by atoms with Crippen LogP contribution in [0.5, 0.6) is 0 Å². The number of fused-ring (bicyclic) bond motifs is 2. The normalized spacial score (nSPS) is 32.1. The fourth-order valence-electron chi connectivity index (χ4n) is 2.93. The number of nitrogens with one attached hydrogen (secondary N) is 1. The Morgan fingerprint density at radius 2 is 1.93 bits per heavy atom. The molecule has 1 aromatic rings. The molecule has 2 aliphatic carbocycles. The summed E-state index contributed by atoms with van der Waals surface area (Å²) in [7, 11) is 0. The molecule has 0 heterocycles. The minimum Gasteiger partial charge on any atom is -0.385 e. The molecule has 0 radical (unpaired) electrons. The third kappa shape index (κ3) is 1.79. The molecule has 1 N–H and O–H groups in total. The summed E-state index contributed by atoms with van der Waals surface area (Å²) >= 11 is 0. The van der Waals surface area contributed by atoms with Crippen molar-refractivity contribution in [2.45, 2.75) is 12.8 Å². The van der Waals surface area contributed by atoms with Crippen LogP contribution in [0.1, 0.15) is 12.8 Å². The van der Waals surface area contributed by atoms with Crippen molar-refractivity contribution in [3.05, 3.63) is 42.5 Å². The molecule has 2 bridgehead atoms. The molecule has 2 aliphatic rings. The Morgan fingerprint density at radius 1 is 1.07 bits per heavy atom. The zero-order valence-electron chi connectivity index (χ0n) is 8.89. The lowest BCUT2D eigenvalue weighted by Crippen LogP contribution is -2.18. The summed E-state index contributed by atoms with van der Waals surface area (Å²) < 4.78 is 0. The van der Waals surface area contributed by atoms with Gasteiger partial charge in [0.15, 0.2) is 0 Å². The van der Waals surface area contributed by atoms with Crippen molar-refractivity contribution in [2.24, 2.45) is 17.8 Å². The van der Waals surface area contributed by atoms with Crippen LogP contribution in [0, 0.1) is 17.8 Å². The Balaban J connectivity index is 1.57. The molecule has 0 unspecified atom stereocenters. The van der Waals surface area contributed by atoms with E-state index in [0.29, 0.717) is 0 Å². The Kier molecular flexibility index (Phi) is 2.24. The summed E-state index contributed by atoms with van der Waals surface area (Å²) in [6.07, 6.45) is 7.62. The quantitative estimate of drug-likeness (QED) is 0.736. The number of benzene rings is 1. The third-order valence-corrected chi connectivity index (χ3v) is 3.76. The number of rotatable bonds is 3. The lowest BCUT2D eigenvalue weighted by atomic mass is 9.93.